The molecule has 0 unspecified atom stereocenters. The molecule has 0 radical (unpaired) electrons. The minimum Gasteiger partial charge on any atom is -0.480 e. The van der Waals surface area contributed by atoms with E-state index in [4.69, 9.17) is 4.74 Å². The van der Waals surface area contributed by atoms with E-state index in [-0.39, 0.29) is 0 Å². The predicted molar refractivity (Wildman–Crippen MR) is 137 cm³/mol. The Bertz CT molecular complexity index is 903. The fourth-order valence-corrected chi connectivity index (χ4v) is 4.52. The zero-order chi connectivity index (χ0) is 21.7. The Morgan fingerprint density at radius 3 is 2.03 bits per heavy atom. The van der Waals surface area contributed by atoms with Crippen LogP contribution in [-0.4, -0.2) is 6.61 Å². The Morgan fingerprint density at radius 1 is 0.677 bits per heavy atom. The van der Waals surface area contributed by atoms with Gasteiger partial charge in [-0.3, -0.25) is 0 Å². The van der Waals surface area contributed by atoms with E-state index >= 15 is 0 Å². The zero-order valence-electron chi connectivity index (χ0n) is 19.1. The van der Waals surface area contributed by atoms with Crippen LogP contribution >= 0.6 is 11.3 Å². The minimum absolute atomic E-state index is 0.652. The van der Waals surface area contributed by atoms with Gasteiger partial charge < -0.3 is 4.74 Å². The standard InChI is InChI=1S/C29H36OS/c1-3-5-7-8-9-11-23-30-29-22-21-28(31-29)27-19-17-26(18-20-27)25-15-13-24(14-16-25)12-10-6-4-2/h9,11,13-22H,3-8,10,12,23H2,1-2H3/b11-9+. The van der Waals surface area contributed by atoms with Crippen molar-refractivity contribution >= 4 is 11.3 Å². The maximum Gasteiger partial charge on any atom is 0.174 e. The molecule has 1 heterocycles. The first-order chi connectivity index (χ1) is 15.3. The maximum atomic E-state index is 5.89. The summed E-state index contributed by atoms with van der Waals surface area (Å²) >= 11 is 1.71. The van der Waals surface area contributed by atoms with Gasteiger partial charge in [-0.25, -0.2) is 0 Å². The molecule has 1 nitrogen and oxygen atoms in total. The molecule has 0 bridgehead atoms. The van der Waals surface area contributed by atoms with Gasteiger partial charge >= 0.3 is 0 Å². The third-order valence-corrected chi connectivity index (χ3v) is 6.62. The second-order valence-corrected chi connectivity index (χ2v) is 9.17. The summed E-state index contributed by atoms with van der Waals surface area (Å²) in [6.07, 6.45) is 14.4. The molecule has 0 aliphatic rings. The summed E-state index contributed by atoms with van der Waals surface area (Å²) in [6, 6.07) is 22.2. The number of allylic oxidation sites excluding steroid dienone is 1. The Kier molecular flexibility index (Phi) is 9.92. The number of hydrogen-bond acceptors (Lipinski definition) is 2. The number of rotatable bonds is 13. The second-order valence-electron chi connectivity index (χ2n) is 8.13. The van der Waals surface area contributed by atoms with Crippen LogP contribution in [0.5, 0.6) is 5.06 Å². The molecule has 0 amide bonds. The van der Waals surface area contributed by atoms with Gasteiger partial charge in [0.1, 0.15) is 6.61 Å². The van der Waals surface area contributed by atoms with Crippen LogP contribution in [0.2, 0.25) is 0 Å². The lowest BCUT2D eigenvalue weighted by Crippen LogP contribution is -1.90. The van der Waals surface area contributed by atoms with E-state index in [1.807, 2.05) is 0 Å². The molecule has 0 aliphatic heterocycles. The van der Waals surface area contributed by atoms with E-state index in [1.165, 1.54) is 72.1 Å². The highest BCUT2D eigenvalue weighted by Crippen LogP contribution is 2.34. The molecule has 3 aromatic rings. The molecule has 0 saturated heterocycles. The summed E-state index contributed by atoms with van der Waals surface area (Å²) in [5, 5.41) is 0.982. The van der Waals surface area contributed by atoms with Crippen LogP contribution in [0.4, 0.5) is 0 Å². The van der Waals surface area contributed by atoms with Gasteiger partial charge in [-0.05, 0) is 60.1 Å². The van der Waals surface area contributed by atoms with E-state index in [2.05, 4.69) is 86.7 Å². The van der Waals surface area contributed by atoms with Crippen LogP contribution in [0, 0.1) is 0 Å². The first-order valence-electron chi connectivity index (χ1n) is 11.9. The molecule has 0 N–H and O–H groups in total. The third-order valence-electron chi connectivity index (χ3n) is 5.57. The number of unbranched alkanes of at least 4 members (excludes halogenated alkanes) is 5. The van der Waals surface area contributed by atoms with Crippen molar-refractivity contribution in [3.63, 3.8) is 0 Å². The van der Waals surface area contributed by atoms with Crippen LogP contribution in [0.3, 0.4) is 0 Å². The van der Waals surface area contributed by atoms with Crippen LogP contribution in [-0.2, 0) is 6.42 Å². The van der Waals surface area contributed by atoms with Gasteiger partial charge in [0.2, 0.25) is 0 Å². The van der Waals surface area contributed by atoms with E-state index in [9.17, 15) is 0 Å². The highest BCUT2D eigenvalue weighted by molar-refractivity contribution is 7.17. The fourth-order valence-electron chi connectivity index (χ4n) is 3.65. The smallest absolute Gasteiger partial charge is 0.174 e. The van der Waals surface area contributed by atoms with Crippen molar-refractivity contribution in [2.24, 2.45) is 0 Å². The molecule has 3 rings (SSSR count). The van der Waals surface area contributed by atoms with E-state index in [0.29, 0.717) is 6.61 Å². The van der Waals surface area contributed by atoms with Gasteiger partial charge in [0.15, 0.2) is 5.06 Å². The van der Waals surface area contributed by atoms with Gasteiger partial charge in [0, 0.05) is 4.88 Å². The average Bonchev–Trinajstić information content (AvgIpc) is 3.28. The van der Waals surface area contributed by atoms with Gasteiger partial charge in [-0.1, -0.05) is 112 Å². The number of aryl methyl sites for hydroxylation is 1. The lowest BCUT2D eigenvalue weighted by atomic mass is 10.0. The summed E-state index contributed by atoms with van der Waals surface area (Å²) in [5.41, 5.74) is 5.24. The summed E-state index contributed by atoms with van der Waals surface area (Å²) in [5.74, 6) is 0. The first kappa shape index (κ1) is 23.3. The average molecular weight is 433 g/mol. The Labute approximate surface area is 192 Å². The molecule has 0 spiro atoms. The molecule has 164 valence electrons. The number of hydrogen-bond donors (Lipinski definition) is 0. The fraction of sp³-hybridized carbons (Fsp3) is 0.379. The maximum absolute atomic E-state index is 5.89. The quantitative estimate of drug-likeness (QED) is 0.193. The highest BCUT2D eigenvalue weighted by Gasteiger charge is 2.05. The van der Waals surface area contributed by atoms with Crippen molar-refractivity contribution in [3.8, 4) is 26.6 Å². The molecule has 0 aliphatic carbocycles. The molecule has 2 heteroatoms. The first-order valence-corrected chi connectivity index (χ1v) is 12.7. The molecule has 0 fully saturated rings. The van der Waals surface area contributed by atoms with Crippen molar-refractivity contribution in [2.45, 2.75) is 65.2 Å². The zero-order valence-corrected chi connectivity index (χ0v) is 19.9. The Morgan fingerprint density at radius 2 is 1.32 bits per heavy atom. The highest BCUT2D eigenvalue weighted by atomic mass is 32.1. The Hall–Kier alpha value is -2.32. The van der Waals surface area contributed by atoms with Gasteiger partial charge in [-0.15, -0.1) is 0 Å². The number of benzene rings is 2. The normalized spacial score (nSPS) is 11.3. The Balaban J connectivity index is 1.52. The molecular formula is C29H36OS. The van der Waals surface area contributed by atoms with Crippen molar-refractivity contribution in [3.05, 3.63) is 78.4 Å². The van der Waals surface area contributed by atoms with Crippen LogP contribution < -0.4 is 4.74 Å². The summed E-state index contributed by atoms with van der Waals surface area (Å²) in [4.78, 5) is 1.25. The SMILES string of the molecule is CCCCC/C=C/COc1ccc(-c2ccc(-c3ccc(CCCCC)cc3)cc2)s1. The lowest BCUT2D eigenvalue weighted by molar-refractivity contribution is 0.373. The molecule has 0 atom stereocenters. The van der Waals surface area contributed by atoms with Gasteiger partial charge in [-0.2, -0.15) is 0 Å². The van der Waals surface area contributed by atoms with E-state index in [0.717, 1.165) is 11.5 Å². The number of ether oxygens (including phenoxy) is 1. The van der Waals surface area contributed by atoms with Crippen molar-refractivity contribution < 1.29 is 4.74 Å². The molecule has 31 heavy (non-hydrogen) atoms. The lowest BCUT2D eigenvalue weighted by Gasteiger charge is -2.06. The molecule has 0 saturated carbocycles. The summed E-state index contributed by atoms with van der Waals surface area (Å²) in [6.45, 7) is 5.14. The van der Waals surface area contributed by atoms with Crippen LogP contribution in [0.15, 0.2) is 72.8 Å². The van der Waals surface area contributed by atoms with Gasteiger partial charge in [0.25, 0.3) is 0 Å². The third kappa shape index (κ3) is 7.70. The molecule has 1 aromatic heterocycles. The topological polar surface area (TPSA) is 9.23 Å². The summed E-state index contributed by atoms with van der Waals surface area (Å²) in [7, 11) is 0. The van der Waals surface area contributed by atoms with Crippen LogP contribution in [0.1, 0.15) is 64.4 Å². The van der Waals surface area contributed by atoms with Crippen molar-refractivity contribution in [1.29, 1.82) is 0 Å². The number of thiophene rings is 1. The molecule has 2 aromatic carbocycles. The minimum atomic E-state index is 0.652. The van der Waals surface area contributed by atoms with Crippen LogP contribution in [0.25, 0.3) is 21.6 Å². The monoisotopic (exact) mass is 432 g/mol. The predicted octanol–water partition coefficient (Wildman–Crippen LogP) is 9.33. The van der Waals surface area contributed by atoms with E-state index in [1.54, 1.807) is 11.3 Å². The van der Waals surface area contributed by atoms with E-state index < -0.39 is 0 Å². The largest absolute Gasteiger partial charge is 0.480 e. The van der Waals surface area contributed by atoms with Crippen molar-refractivity contribution in [1.82, 2.24) is 0 Å². The molecular weight excluding hydrogens is 396 g/mol. The van der Waals surface area contributed by atoms with Gasteiger partial charge in [0.05, 0.1) is 0 Å². The summed E-state index contributed by atoms with van der Waals surface area (Å²) < 4.78 is 5.89. The second kappa shape index (κ2) is 13.2. The van der Waals surface area contributed by atoms with Crippen molar-refractivity contribution in [2.75, 3.05) is 6.61 Å².